The molecule has 6 nitrogen and oxygen atoms in total. The molecule has 0 aromatic rings. The number of sulfonamides is 1. The minimum Gasteiger partial charge on any atom is -0.339 e. The Morgan fingerprint density at radius 3 is 2.35 bits per heavy atom. The number of amides is 1. The van der Waals surface area contributed by atoms with Crippen LogP contribution in [0.15, 0.2) is 0 Å². The van der Waals surface area contributed by atoms with Gasteiger partial charge in [0.05, 0.1) is 12.8 Å². The van der Waals surface area contributed by atoms with E-state index in [-0.39, 0.29) is 5.91 Å². The molecule has 1 amide bonds. The van der Waals surface area contributed by atoms with Crippen molar-refractivity contribution in [1.29, 1.82) is 0 Å². The molecule has 2 heterocycles. The molecule has 2 saturated heterocycles. The summed E-state index contributed by atoms with van der Waals surface area (Å²) in [7, 11) is -3.12. The van der Waals surface area contributed by atoms with Crippen LogP contribution in [0.4, 0.5) is 0 Å². The van der Waals surface area contributed by atoms with E-state index in [1.165, 1.54) is 17.0 Å². The van der Waals surface area contributed by atoms with E-state index < -0.39 is 10.0 Å². The van der Waals surface area contributed by atoms with Gasteiger partial charge in [0.15, 0.2) is 0 Å². The molecule has 7 heteroatoms. The predicted octanol–water partition coefficient (Wildman–Crippen LogP) is -0.178. The van der Waals surface area contributed by atoms with E-state index in [1.807, 2.05) is 0 Å². The number of likely N-dealkylation sites (tertiary alicyclic amines) is 1. The Labute approximate surface area is 121 Å². The largest absolute Gasteiger partial charge is 0.339 e. The highest BCUT2D eigenvalue weighted by Gasteiger charge is 2.27. The van der Waals surface area contributed by atoms with E-state index in [9.17, 15) is 13.2 Å². The van der Waals surface area contributed by atoms with Gasteiger partial charge in [-0.05, 0) is 25.3 Å². The molecule has 0 aromatic carbocycles. The van der Waals surface area contributed by atoms with Crippen molar-refractivity contribution in [3.8, 4) is 0 Å². The molecule has 0 unspecified atom stereocenters. The lowest BCUT2D eigenvalue weighted by Crippen LogP contribution is -2.53. The van der Waals surface area contributed by atoms with Crippen LogP contribution in [-0.2, 0) is 14.8 Å². The van der Waals surface area contributed by atoms with Crippen molar-refractivity contribution in [2.75, 3.05) is 52.1 Å². The van der Waals surface area contributed by atoms with Crippen LogP contribution >= 0.6 is 0 Å². The van der Waals surface area contributed by atoms with Gasteiger partial charge in [-0.15, -0.1) is 0 Å². The van der Waals surface area contributed by atoms with Gasteiger partial charge in [0.2, 0.25) is 15.9 Å². The minimum absolute atomic E-state index is 0.132. The van der Waals surface area contributed by atoms with Crippen LogP contribution in [0.3, 0.4) is 0 Å². The van der Waals surface area contributed by atoms with E-state index in [4.69, 9.17) is 0 Å². The molecule has 2 aliphatic heterocycles. The number of piperazine rings is 1. The molecule has 2 rings (SSSR count). The molecule has 0 saturated carbocycles. The maximum Gasteiger partial charge on any atom is 0.236 e. The average Bonchev–Trinajstić information content (AvgIpc) is 2.38. The van der Waals surface area contributed by atoms with E-state index in [2.05, 4.69) is 11.8 Å². The van der Waals surface area contributed by atoms with Crippen LogP contribution < -0.4 is 0 Å². The van der Waals surface area contributed by atoms with Gasteiger partial charge < -0.3 is 4.90 Å². The van der Waals surface area contributed by atoms with Gasteiger partial charge in [-0.3, -0.25) is 9.69 Å². The number of piperidine rings is 1. The summed E-state index contributed by atoms with van der Waals surface area (Å²) in [5.74, 6) is 0.797. The Morgan fingerprint density at radius 1 is 1.15 bits per heavy atom. The quantitative estimate of drug-likeness (QED) is 0.726. The van der Waals surface area contributed by atoms with Crippen LogP contribution in [0.2, 0.25) is 0 Å². The highest BCUT2D eigenvalue weighted by Crippen LogP contribution is 2.15. The van der Waals surface area contributed by atoms with Crippen molar-refractivity contribution in [2.45, 2.75) is 19.8 Å². The number of hydrogen-bond donors (Lipinski definition) is 0. The van der Waals surface area contributed by atoms with Crippen LogP contribution in [0.5, 0.6) is 0 Å². The first kappa shape index (κ1) is 15.7. The standard InChI is InChI=1S/C13H25N3O3S/c1-12-4-3-5-14(10-12)11-13(17)15-6-8-16(9-7-15)20(2,18)19/h12H,3-11H2,1-2H3/t12-/m0/s1. The fourth-order valence-electron chi connectivity index (χ4n) is 2.99. The summed E-state index contributed by atoms with van der Waals surface area (Å²) in [6.07, 6.45) is 3.63. The average molecular weight is 303 g/mol. The Balaban J connectivity index is 1.80. The van der Waals surface area contributed by atoms with Gasteiger partial charge >= 0.3 is 0 Å². The highest BCUT2D eigenvalue weighted by molar-refractivity contribution is 7.88. The van der Waals surface area contributed by atoms with Crippen molar-refractivity contribution in [3.05, 3.63) is 0 Å². The van der Waals surface area contributed by atoms with Crippen molar-refractivity contribution in [2.24, 2.45) is 5.92 Å². The number of rotatable bonds is 3. The molecule has 0 aromatic heterocycles. The lowest BCUT2D eigenvalue weighted by molar-refractivity contribution is -0.134. The maximum atomic E-state index is 12.2. The summed E-state index contributed by atoms with van der Waals surface area (Å²) in [5.41, 5.74) is 0. The van der Waals surface area contributed by atoms with E-state index in [1.54, 1.807) is 4.90 Å². The van der Waals surface area contributed by atoms with E-state index >= 15 is 0 Å². The van der Waals surface area contributed by atoms with Gasteiger partial charge in [-0.1, -0.05) is 6.92 Å². The third-order valence-corrected chi connectivity index (χ3v) is 5.46. The maximum absolute atomic E-state index is 12.2. The molecule has 116 valence electrons. The summed E-state index contributed by atoms with van der Waals surface area (Å²) >= 11 is 0. The van der Waals surface area contributed by atoms with E-state index in [0.29, 0.717) is 38.6 Å². The smallest absolute Gasteiger partial charge is 0.236 e. The predicted molar refractivity (Wildman–Crippen MR) is 77.8 cm³/mol. The Morgan fingerprint density at radius 2 is 1.80 bits per heavy atom. The third-order valence-electron chi connectivity index (χ3n) is 4.16. The van der Waals surface area contributed by atoms with Gasteiger partial charge in [-0.2, -0.15) is 4.31 Å². The lowest BCUT2D eigenvalue weighted by atomic mass is 10.0. The Bertz CT molecular complexity index is 444. The summed E-state index contributed by atoms with van der Waals surface area (Å²) in [4.78, 5) is 16.3. The lowest BCUT2D eigenvalue weighted by Gasteiger charge is -2.36. The van der Waals surface area contributed by atoms with Crippen molar-refractivity contribution in [3.63, 3.8) is 0 Å². The normalized spacial score (nSPS) is 26.7. The first-order valence-electron chi connectivity index (χ1n) is 7.31. The van der Waals surface area contributed by atoms with Gasteiger partial charge in [0.1, 0.15) is 0 Å². The Hall–Kier alpha value is -0.660. The SMILES string of the molecule is C[C@H]1CCCN(CC(=O)N2CCN(S(C)(=O)=O)CC2)C1. The summed E-state index contributed by atoms with van der Waals surface area (Å²) in [6.45, 7) is 6.55. The van der Waals surface area contributed by atoms with Crippen molar-refractivity contribution in [1.82, 2.24) is 14.1 Å². The van der Waals surface area contributed by atoms with Crippen molar-refractivity contribution < 1.29 is 13.2 Å². The molecular formula is C13H25N3O3S. The second-order valence-corrected chi connectivity index (χ2v) is 8.01. The number of carbonyl (C=O) groups excluding carboxylic acids is 1. The fourth-order valence-corrected chi connectivity index (χ4v) is 3.82. The Kier molecular flexibility index (Phi) is 5.04. The van der Waals surface area contributed by atoms with Crippen LogP contribution in [-0.4, -0.2) is 80.5 Å². The van der Waals surface area contributed by atoms with E-state index in [0.717, 1.165) is 19.5 Å². The minimum atomic E-state index is -3.12. The molecule has 20 heavy (non-hydrogen) atoms. The molecule has 0 aliphatic carbocycles. The molecule has 0 bridgehead atoms. The van der Waals surface area contributed by atoms with Crippen LogP contribution in [0.25, 0.3) is 0 Å². The van der Waals surface area contributed by atoms with Gasteiger partial charge in [0.25, 0.3) is 0 Å². The molecule has 2 aliphatic rings. The summed E-state index contributed by atoms with van der Waals surface area (Å²) in [5, 5.41) is 0. The first-order valence-corrected chi connectivity index (χ1v) is 9.16. The monoisotopic (exact) mass is 303 g/mol. The second-order valence-electron chi connectivity index (χ2n) is 6.03. The zero-order valence-corrected chi connectivity index (χ0v) is 13.2. The molecule has 0 N–H and O–H groups in total. The summed E-state index contributed by atoms with van der Waals surface area (Å²) in [6, 6.07) is 0. The van der Waals surface area contributed by atoms with Crippen LogP contribution in [0, 0.1) is 5.92 Å². The number of nitrogens with zero attached hydrogens (tertiary/aromatic N) is 3. The zero-order chi connectivity index (χ0) is 14.8. The van der Waals surface area contributed by atoms with Crippen LogP contribution in [0.1, 0.15) is 19.8 Å². The summed E-state index contributed by atoms with van der Waals surface area (Å²) < 4.78 is 24.3. The third kappa shape index (κ3) is 4.17. The molecule has 0 radical (unpaired) electrons. The second kappa shape index (κ2) is 6.41. The highest BCUT2D eigenvalue weighted by atomic mass is 32.2. The van der Waals surface area contributed by atoms with Crippen molar-refractivity contribution >= 4 is 15.9 Å². The molecule has 2 fully saturated rings. The fraction of sp³-hybridized carbons (Fsp3) is 0.923. The molecular weight excluding hydrogens is 278 g/mol. The van der Waals surface area contributed by atoms with Gasteiger partial charge in [-0.25, -0.2) is 8.42 Å². The number of hydrogen-bond acceptors (Lipinski definition) is 4. The topological polar surface area (TPSA) is 60.9 Å². The number of carbonyl (C=O) groups is 1. The molecule has 0 spiro atoms. The first-order chi connectivity index (χ1) is 9.36. The zero-order valence-electron chi connectivity index (χ0n) is 12.4. The molecule has 1 atom stereocenters. The van der Waals surface area contributed by atoms with Gasteiger partial charge in [0, 0.05) is 32.7 Å².